The number of fused-ring (bicyclic) bond motifs is 1. The number of likely N-dealkylation sites (tertiary alicyclic amines) is 1. The lowest BCUT2D eigenvalue weighted by Crippen LogP contribution is -2.58. The molecule has 13 heteroatoms. The fourth-order valence-electron chi connectivity index (χ4n) is 6.14. The molecule has 5 heterocycles. The molecule has 1 aliphatic carbocycles. The number of aliphatic hydroxyl groups is 1. The molecular formula is C28H30F3N9O. The fraction of sp³-hybridized carbons (Fsp3) is 0.464. The molecule has 0 radical (unpaired) electrons. The normalized spacial score (nSPS) is 22.0. The minimum Gasteiger partial charge on any atom is -0.396 e. The molecule has 0 aromatic carbocycles. The van der Waals surface area contributed by atoms with Crippen LogP contribution < -0.4 is 5.32 Å². The van der Waals surface area contributed by atoms with E-state index in [1.165, 1.54) is 6.33 Å². The number of anilines is 1. The quantitative estimate of drug-likeness (QED) is 0.291. The Balaban J connectivity index is 1.09. The van der Waals surface area contributed by atoms with E-state index in [2.05, 4.69) is 41.3 Å². The summed E-state index contributed by atoms with van der Waals surface area (Å²) in [6.07, 6.45) is 6.15. The van der Waals surface area contributed by atoms with Gasteiger partial charge in [-0.15, -0.1) is 0 Å². The number of nitriles is 1. The van der Waals surface area contributed by atoms with Gasteiger partial charge in [0.25, 0.3) is 0 Å². The molecule has 2 fully saturated rings. The molecule has 10 nitrogen and oxygen atoms in total. The maximum atomic E-state index is 13.3. The lowest BCUT2D eigenvalue weighted by Gasteiger charge is -2.52. The number of halogens is 3. The van der Waals surface area contributed by atoms with Crippen LogP contribution in [0.1, 0.15) is 43.4 Å². The van der Waals surface area contributed by atoms with Crippen LogP contribution in [0.25, 0.3) is 22.3 Å². The van der Waals surface area contributed by atoms with Crippen molar-refractivity contribution in [1.82, 2.24) is 34.6 Å². The van der Waals surface area contributed by atoms with Crippen molar-refractivity contribution in [1.29, 1.82) is 5.26 Å². The minimum atomic E-state index is -4.55. The fourth-order valence-corrected chi connectivity index (χ4v) is 6.14. The van der Waals surface area contributed by atoms with Gasteiger partial charge in [-0.05, 0) is 55.9 Å². The zero-order chi connectivity index (χ0) is 28.6. The molecule has 6 rings (SSSR count). The van der Waals surface area contributed by atoms with Crippen molar-refractivity contribution in [2.45, 2.75) is 62.3 Å². The van der Waals surface area contributed by atoms with E-state index >= 15 is 0 Å². The van der Waals surface area contributed by atoms with Gasteiger partial charge >= 0.3 is 6.18 Å². The van der Waals surface area contributed by atoms with Gasteiger partial charge in [-0.1, -0.05) is 0 Å². The minimum absolute atomic E-state index is 0.0000408. The molecule has 2 aliphatic rings. The average molecular weight is 566 g/mol. The zero-order valence-corrected chi connectivity index (χ0v) is 22.3. The van der Waals surface area contributed by atoms with Crippen LogP contribution in [-0.4, -0.2) is 71.5 Å². The van der Waals surface area contributed by atoms with E-state index in [9.17, 15) is 23.5 Å². The number of nitrogens with one attached hydrogen (secondary N) is 2. The number of hydrogen-bond donors (Lipinski definition) is 3. The van der Waals surface area contributed by atoms with Crippen molar-refractivity contribution in [2.75, 3.05) is 25.0 Å². The molecule has 0 amide bonds. The van der Waals surface area contributed by atoms with Gasteiger partial charge in [-0.3, -0.25) is 4.68 Å². The van der Waals surface area contributed by atoms with E-state index in [1.807, 2.05) is 23.1 Å². The Morgan fingerprint density at radius 3 is 2.73 bits per heavy atom. The van der Waals surface area contributed by atoms with Crippen molar-refractivity contribution >= 4 is 16.9 Å². The first-order valence-corrected chi connectivity index (χ1v) is 13.7. The van der Waals surface area contributed by atoms with E-state index in [0.29, 0.717) is 18.0 Å². The molecule has 214 valence electrons. The highest BCUT2D eigenvalue weighted by Crippen LogP contribution is 2.45. The largest absolute Gasteiger partial charge is 0.433 e. The van der Waals surface area contributed by atoms with Gasteiger partial charge < -0.3 is 20.3 Å². The van der Waals surface area contributed by atoms with Crippen LogP contribution in [0, 0.1) is 11.3 Å². The van der Waals surface area contributed by atoms with Crippen LogP contribution in [-0.2, 0) is 18.1 Å². The number of rotatable bonds is 8. The molecule has 0 atom stereocenters. The summed E-state index contributed by atoms with van der Waals surface area (Å²) >= 11 is 0. The Bertz CT molecular complexity index is 1560. The first-order valence-electron chi connectivity index (χ1n) is 13.7. The van der Waals surface area contributed by atoms with Gasteiger partial charge in [0, 0.05) is 55.1 Å². The summed E-state index contributed by atoms with van der Waals surface area (Å²) in [6, 6.07) is 7.16. The molecule has 1 aliphatic heterocycles. The Labute approximate surface area is 234 Å². The summed E-state index contributed by atoms with van der Waals surface area (Å²) in [4.78, 5) is 18.0. The Hall–Kier alpha value is -4.02. The second-order valence-corrected chi connectivity index (χ2v) is 10.9. The van der Waals surface area contributed by atoms with E-state index in [0.717, 1.165) is 67.1 Å². The van der Waals surface area contributed by atoms with Crippen LogP contribution in [0.15, 0.2) is 43.1 Å². The van der Waals surface area contributed by atoms with E-state index < -0.39 is 11.9 Å². The van der Waals surface area contributed by atoms with Gasteiger partial charge in [0.1, 0.15) is 23.5 Å². The molecule has 4 aromatic heterocycles. The zero-order valence-electron chi connectivity index (χ0n) is 22.3. The Kier molecular flexibility index (Phi) is 7.13. The van der Waals surface area contributed by atoms with Crippen molar-refractivity contribution in [3.8, 4) is 17.3 Å². The molecule has 41 heavy (non-hydrogen) atoms. The molecule has 0 spiro atoms. The van der Waals surface area contributed by atoms with E-state index in [-0.39, 0.29) is 30.4 Å². The summed E-state index contributed by atoms with van der Waals surface area (Å²) in [5.41, 5.74) is 1.48. The smallest absolute Gasteiger partial charge is 0.396 e. The second kappa shape index (κ2) is 10.8. The maximum Gasteiger partial charge on any atom is 0.433 e. The van der Waals surface area contributed by atoms with Crippen molar-refractivity contribution < 1.29 is 18.3 Å². The number of aromatic amines is 1. The molecule has 0 bridgehead atoms. The van der Waals surface area contributed by atoms with Gasteiger partial charge in [0.05, 0.1) is 29.9 Å². The molecule has 3 N–H and O–H groups in total. The molecular weight excluding hydrogens is 535 g/mol. The lowest BCUT2D eigenvalue weighted by molar-refractivity contribution is -0.141. The third-order valence-corrected chi connectivity index (χ3v) is 8.31. The summed E-state index contributed by atoms with van der Waals surface area (Å²) in [7, 11) is 0. The summed E-state index contributed by atoms with van der Waals surface area (Å²) in [6.45, 7) is 1.36. The Morgan fingerprint density at radius 2 is 2.00 bits per heavy atom. The van der Waals surface area contributed by atoms with Gasteiger partial charge in [-0.2, -0.15) is 23.5 Å². The highest BCUT2D eigenvalue weighted by molar-refractivity contribution is 5.90. The predicted octanol–water partition coefficient (Wildman–Crippen LogP) is 4.12. The number of H-pyrrole nitrogens is 1. The first-order chi connectivity index (χ1) is 19.8. The summed E-state index contributed by atoms with van der Waals surface area (Å²) < 4.78 is 41.9. The van der Waals surface area contributed by atoms with Gasteiger partial charge in [0.2, 0.25) is 0 Å². The Morgan fingerprint density at radius 1 is 1.20 bits per heavy atom. The van der Waals surface area contributed by atoms with Gasteiger partial charge in [0.15, 0.2) is 0 Å². The van der Waals surface area contributed by atoms with Crippen molar-refractivity contribution in [3.63, 3.8) is 0 Å². The van der Waals surface area contributed by atoms with E-state index in [1.54, 1.807) is 12.3 Å². The molecule has 1 saturated heterocycles. The number of hydrogen-bond acceptors (Lipinski definition) is 8. The van der Waals surface area contributed by atoms with Crippen LogP contribution in [0.2, 0.25) is 0 Å². The lowest BCUT2D eigenvalue weighted by atomic mass is 9.69. The number of aromatic nitrogens is 6. The number of alkyl halides is 3. The predicted molar refractivity (Wildman–Crippen MR) is 145 cm³/mol. The van der Waals surface area contributed by atoms with Crippen molar-refractivity contribution in [3.05, 3.63) is 54.4 Å². The number of aliphatic hydroxyl groups excluding tert-OH is 1. The molecule has 1 saturated carbocycles. The summed E-state index contributed by atoms with van der Waals surface area (Å²) in [5, 5.41) is 27.6. The average Bonchev–Trinajstić information content (AvgIpc) is 3.61. The third kappa shape index (κ3) is 5.37. The highest BCUT2D eigenvalue weighted by atomic mass is 19.4. The monoisotopic (exact) mass is 565 g/mol. The summed E-state index contributed by atoms with van der Waals surface area (Å²) in [5.74, 6) is 0.188. The standard InChI is InChI=1S/C28H30F3N9O/c29-28(30,31)23-11-18(4-10-41)12-24(38-23)37-20-2-8-39(9-3-20)21-13-27(14-21,5-6-32)40-16-19(15-36-40)25-22-1-7-33-26(22)35-17-34-25/h1,7,11-12,15-17,20-21,41H,2-5,8-10,13-14H2,(H,37,38)(H,33,34,35). The van der Waals surface area contributed by atoms with Crippen LogP contribution in [0.5, 0.6) is 0 Å². The second-order valence-electron chi connectivity index (χ2n) is 10.9. The molecule has 4 aromatic rings. The highest BCUT2D eigenvalue weighted by Gasteiger charge is 2.49. The SMILES string of the molecule is N#CCC1(n2cc(-c3ncnc4[nH]ccc34)cn2)CC(N2CCC(Nc3cc(CCO)cc(C(F)(F)F)n3)CC2)C1. The van der Waals surface area contributed by atoms with Gasteiger partial charge in [-0.25, -0.2) is 15.0 Å². The first kappa shape index (κ1) is 27.2. The topological polar surface area (TPSA) is 132 Å². The van der Waals surface area contributed by atoms with Crippen LogP contribution in [0.4, 0.5) is 19.0 Å². The molecule has 0 unspecified atom stereocenters. The van der Waals surface area contributed by atoms with E-state index in [4.69, 9.17) is 0 Å². The number of nitrogens with zero attached hydrogens (tertiary/aromatic N) is 7. The number of piperidine rings is 1. The third-order valence-electron chi connectivity index (χ3n) is 8.31. The number of pyridine rings is 1. The van der Waals surface area contributed by atoms with Crippen LogP contribution >= 0.6 is 0 Å². The van der Waals surface area contributed by atoms with Crippen LogP contribution in [0.3, 0.4) is 0 Å². The van der Waals surface area contributed by atoms with Crippen molar-refractivity contribution in [2.24, 2.45) is 0 Å². The maximum absolute atomic E-state index is 13.3.